The van der Waals surface area contributed by atoms with Gasteiger partial charge in [-0.3, -0.25) is 15.6 Å². The molecule has 4 nitrogen and oxygen atoms in total. The minimum atomic E-state index is -0.557. The van der Waals surface area contributed by atoms with Gasteiger partial charge in [-0.05, 0) is 55.6 Å². The average molecular weight is 370 g/mol. The Bertz CT molecular complexity index is 547. The summed E-state index contributed by atoms with van der Waals surface area (Å²) < 4.78 is 0.983. The average Bonchev–Trinajstić information content (AvgIpc) is 2.42. The van der Waals surface area contributed by atoms with Crippen molar-refractivity contribution in [2.45, 2.75) is 31.6 Å². The SMILES string of the molecule is CNC(=S)NNC(=O)C(C)(c1cccc(Br)c1)C1CCC1. The maximum atomic E-state index is 12.8. The molecule has 0 spiro atoms. The molecule has 1 atom stereocenters. The molecule has 1 unspecified atom stereocenters. The lowest BCUT2D eigenvalue weighted by molar-refractivity contribution is -0.130. The number of benzene rings is 1. The highest BCUT2D eigenvalue weighted by molar-refractivity contribution is 9.10. The van der Waals surface area contributed by atoms with E-state index in [2.05, 4.69) is 32.1 Å². The van der Waals surface area contributed by atoms with Gasteiger partial charge in [-0.25, -0.2) is 0 Å². The van der Waals surface area contributed by atoms with Crippen molar-refractivity contribution in [1.82, 2.24) is 16.2 Å². The Kier molecular flexibility index (Phi) is 5.22. The van der Waals surface area contributed by atoms with Gasteiger partial charge in [0.2, 0.25) is 5.91 Å². The predicted octanol–water partition coefficient (Wildman–Crippen LogP) is 2.63. The Morgan fingerprint density at radius 2 is 2.10 bits per heavy atom. The van der Waals surface area contributed by atoms with Crippen molar-refractivity contribution in [2.75, 3.05) is 7.05 Å². The van der Waals surface area contributed by atoms with Gasteiger partial charge in [0.25, 0.3) is 0 Å². The molecule has 0 radical (unpaired) electrons. The number of carbonyl (C=O) groups is 1. The third-order valence-corrected chi connectivity index (χ3v) is 5.13. The second-order valence-corrected chi connectivity index (χ2v) is 6.82. The van der Waals surface area contributed by atoms with E-state index in [1.54, 1.807) is 7.05 Å². The topological polar surface area (TPSA) is 53.2 Å². The summed E-state index contributed by atoms with van der Waals surface area (Å²) in [6, 6.07) is 7.97. The van der Waals surface area contributed by atoms with Crippen molar-refractivity contribution in [3.05, 3.63) is 34.3 Å². The first kappa shape index (κ1) is 16.2. The molecule has 1 aromatic carbocycles. The highest BCUT2D eigenvalue weighted by atomic mass is 79.9. The first-order valence-corrected chi connectivity index (χ1v) is 8.23. The third kappa shape index (κ3) is 3.37. The molecular weight excluding hydrogens is 350 g/mol. The third-order valence-electron chi connectivity index (χ3n) is 4.33. The molecule has 3 N–H and O–H groups in total. The van der Waals surface area contributed by atoms with Gasteiger partial charge < -0.3 is 5.32 Å². The lowest BCUT2D eigenvalue weighted by atomic mass is 9.62. The van der Waals surface area contributed by atoms with Crippen LogP contribution in [-0.2, 0) is 10.2 Å². The van der Waals surface area contributed by atoms with Crippen molar-refractivity contribution < 1.29 is 4.79 Å². The summed E-state index contributed by atoms with van der Waals surface area (Å²) in [5.74, 6) is 0.305. The Morgan fingerprint density at radius 3 is 2.62 bits per heavy atom. The maximum Gasteiger partial charge on any atom is 0.249 e. The van der Waals surface area contributed by atoms with Gasteiger partial charge in [-0.2, -0.15) is 0 Å². The summed E-state index contributed by atoms with van der Waals surface area (Å²) in [4.78, 5) is 12.8. The molecule has 1 aliphatic rings. The fraction of sp³-hybridized carbons (Fsp3) is 0.467. The van der Waals surface area contributed by atoms with Gasteiger partial charge >= 0.3 is 0 Å². The van der Waals surface area contributed by atoms with Gasteiger partial charge in [0.1, 0.15) is 0 Å². The summed E-state index contributed by atoms with van der Waals surface area (Å²) in [5, 5.41) is 3.17. The molecule has 6 heteroatoms. The largest absolute Gasteiger partial charge is 0.364 e. The van der Waals surface area contributed by atoms with Crippen molar-refractivity contribution in [2.24, 2.45) is 5.92 Å². The van der Waals surface area contributed by atoms with E-state index in [0.717, 1.165) is 22.9 Å². The number of hydrogen-bond acceptors (Lipinski definition) is 2. The highest BCUT2D eigenvalue weighted by Gasteiger charge is 2.45. The van der Waals surface area contributed by atoms with Crippen LogP contribution in [0, 0.1) is 5.92 Å². The van der Waals surface area contributed by atoms with Crippen LogP contribution >= 0.6 is 28.1 Å². The summed E-state index contributed by atoms with van der Waals surface area (Å²) in [6.45, 7) is 2.01. The fourth-order valence-corrected chi connectivity index (χ4v) is 3.11. The minimum absolute atomic E-state index is 0.0529. The van der Waals surface area contributed by atoms with Gasteiger partial charge in [-0.15, -0.1) is 0 Å². The van der Waals surface area contributed by atoms with Crippen LogP contribution in [0.1, 0.15) is 31.7 Å². The fourth-order valence-electron chi connectivity index (χ4n) is 2.66. The number of halogens is 1. The summed E-state index contributed by atoms with van der Waals surface area (Å²) in [5.41, 5.74) is 5.93. The van der Waals surface area contributed by atoms with Crippen LogP contribution in [-0.4, -0.2) is 18.1 Å². The predicted molar refractivity (Wildman–Crippen MR) is 91.8 cm³/mol. The zero-order chi connectivity index (χ0) is 15.5. The van der Waals surface area contributed by atoms with E-state index in [4.69, 9.17) is 12.2 Å². The Balaban J connectivity index is 2.24. The molecule has 1 amide bonds. The molecule has 1 saturated carbocycles. The van der Waals surface area contributed by atoms with E-state index in [9.17, 15) is 4.79 Å². The number of nitrogens with one attached hydrogen (secondary N) is 3. The number of thiocarbonyl (C=S) groups is 1. The molecule has 0 heterocycles. The zero-order valence-corrected chi connectivity index (χ0v) is 14.6. The molecule has 1 fully saturated rings. The van der Waals surface area contributed by atoms with Crippen molar-refractivity contribution >= 4 is 39.2 Å². The van der Waals surface area contributed by atoms with Crippen molar-refractivity contribution in [3.8, 4) is 0 Å². The van der Waals surface area contributed by atoms with Crippen LogP contribution in [0.25, 0.3) is 0 Å². The molecule has 0 bridgehead atoms. The summed E-state index contributed by atoms with van der Waals surface area (Å²) in [6.07, 6.45) is 3.34. The van der Waals surface area contributed by atoms with Gasteiger partial charge in [0.15, 0.2) is 5.11 Å². The summed E-state index contributed by atoms with van der Waals surface area (Å²) in [7, 11) is 1.71. The number of rotatable bonds is 3. The molecular formula is C15H20BrN3OS. The molecule has 0 saturated heterocycles. The molecule has 114 valence electrons. The zero-order valence-electron chi connectivity index (χ0n) is 12.2. The first-order chi connectivity index (χ1) is 9.98. The quantitative estimate of drug-likeness (QED) is 0.566. The van der Waals surface area contributed by atoms with Gasteiger partial charge in [0, 0.05) is 11.5 Å². The van der Waals surface area contributed by atoms with Crippen LogP contribution in [0.5, 0.6) is 0 Å². The smallest absolute Gasteiger partial charge is 0.249 e. The van der Waals surface area contributed by atoms with Crippen LogP contribution in [0.15, 0.2) is 28.7 Å². The van der Waals surface area contributed by atoms with Crippen LogP contribution < -0.4 is 16.2 Å². The van der Waals surface area contributed by atoms with Gasteiger partial charge in [-0.1, -0.05) is 34.5 Å². The second kappa shape index (κ2) is 6.75. The molecule has 0 aromatic heterocycles. The van der Waals surface area contributed by atoms with Crippen molar-refractivity contribution in [1.29, 1.82) is 0 Å². The Morgan fingerprint density at radius 1 is 1.38 bits per heavy atom. The molecule has 2 rings (SSSR count). The first-order valence-electron chi connectivity index (χ1n) is 7.02. The lowest BCUT2D eigenvalue weighted by Gasteiger charge is -2.42. The second-order valence-electron chi connectivity index (χ2n) is 5.50. The number of hydrogen-bond donors (Lipinski definition) is 3. The van der Waals surface area contributed by atoms with Gasteiger partial charge in [0.05, 0.1) is 5.41 Å². The van der Waals surface area contributed by atoms with Crippen molar-refractivity contribution in [3.63, 3.8) is 0 Å². The number of carbonyl (C=O) groups excluding carboxylic acids is 1. The Labute approximate surface area is 139 Å². The maximum absolute atomic E-state index is 12.8. The molecule has 21 heavy (non-hydrogen) atoms. The van der Waals surface area contributed by atoms with Crippen LogP contribution in [0.3, 0.4) is 0 Å². The van der Waals surface area contributed by atoms with E-state index >= 15 is 0 Å². The lowest BCUT2D eigenvalue weighted by Crippen LogP contribution is -2.55. The molecule has 0 aliphatic heterocycles. The molecule has 1 aromatic rings. The van der Waals surface area contributed by atoms with E-state index in [1.807, 2.05) is 31.2 Å². The van der Waals surface area contributed by atoms with E-state index in [-0.39, 0.29) is 5.91 Å². The van der Waals surface area contributed by atoms with Crippen LogP contribution in [0.4, 0.5) is 0 Å². The number of amides is 1. The minimum Gasteiger partial charge on any atom is -0.364 e. The van der Waals surface area contributed by atoms with E-state index in [1.165, 1.54) is 6.42 Å². The van der Waals surface area contributed by atoms with E-state index < -0.39 is 5.41 Å². The summed E-state index contributed by atoms with van der Waals surface area (Å²) >= 11 is 8.49. The molecule has 1 aliphatic carbocycles. The van der Waals surface area contributed by atoms with Crippen LogP contribution in [0.2, 0.25) is 0 Å². The normalized spacial score (nSPS) is 17.3. The van der Waals surface area contributed by atoms with E-state index in [0.29, 0.717) is 11.0 Å². The standard InChI is InChI=1S/C15H20BrN3OS/c1-15(10-5-3-6-10,11-7-4-8-12(16)9-11)13(20)18-19-14(21)17-2/h4,7-10H,3,5-6H2,1-2H3,(H,18,20)(H2,17,19,21). The number of hydrazine groups is 1. The Hall–Kier alpha value is -1.14. The highest BCUT2D eigenvalue weighted by Crippen LogP contribution is 2.44. The monoisotopic (exact) mass is 369 g/mol.